The van der Waals surface area contributed by atoms with E-state index in [9.17, 15) is 24.0 Å². The van der Waals surface area contributed by atoms with Crippen molar-refractivity contribution in [3.05, 3.63) is 58.2 Å². The summed E-state index contributed by atoms with van der Waals surface area (Å²) in [4.78, 5) is 84.9. The Morgan fingerprint density at radius 2 is 1.86 bits per heavy atom. The molecule has 0 spiro atoms. The number of cyclic esters (lactones) is 1. The molecule has 0 unspecified atom stereocenters. The number of nitrogens with zero attached hydrogens (tertiary/aromatic N) is 7. The molecule has 4 aliphatic rings. The topological polar surface area (TPSA) is 184 Å². The number of pyridine rings is 1. The fraction of sp³-hybridized carbons (Fsp3) is 0.571. The highest BCUT2D eigenvalue weighted by Crippen LogP contribution is 2.42. The first-order chi connectivity index (χ1) is 31.5. The highest BCUT2D eigenvalue weighted by Gasteiger charge is 2.41. The monoisotopic (exact) mass is 922 g/mol. The molecule has 0 aliphatic carbocycles. The molecule has 354 valence electrons. The summed E-state index contributed by atoms with van der Waals surface area (Å²) in [6.07, 6.45) is 3.59. The summed E-state index contributed by atoms with van der Waals surface area (Å²) in [6, 6.07) is 7.17. The highest BCUT2D eigenvalue weighted by atomic mass is 32.1. The molecule has 7 heterocycles. The van der Waals surface area contributed by atoms with E-state index in [0.29, 0.717) is 57.0 Å². The molecule has 3 fully saturated rings. The first kappa shape index (κ1) is 47.1. The minimum absolute atomic E-state index is 0.0485. The highest BCUT2D eigenvalue weighted by molar-refractivity contribution is 7.10. The van der Waals surface area contributed by atoms with Gasteiger partial charge < -0.3 is 34.6 Å². The Kier molecular flexibility index (Phi) is 13.6. The number of benzene rings is 1. The van der Waals surface area contributed by atoms with Crippen molar-refractivity contribution < 1.29 is 28.7 Å². The number of ether oxygens (including phenoxy) is 1. The van der Waals surface area contributed by atoms with Gasteiger partial charge in [-0.2, -0.15) is 0 Å². The number of piperazine rings is 1. The Hall–Kier alpha value is -5.39. The van der Waals surface area contributed by atoms with Gasteiger partial charge in [0.2, 0.25) is 11.8 Å². The Balaban J connectivity index is 1.12. The van der Waals surface area contributed by atoms with Crippen molar-refractivity contribution >= 4 is 52.0 Å². The first-order valence-electron chi connectivity index (χ1n) is 23.6. The number of hydrazine groups is 1. The zero-order valence-corrected chi connectivity index (χ0v) is 40.7. The molecule has 3 aromatic heterocycles. The first-order valence-corrected chi connectivity index (χ1v) is 24.5. The van der Waals surface area contributed by atoms with Crippen LogP contribution in [0.15, 0.2) is 41.9 Å². The number of esters is 1. The number of carbonyl (C=O) groups excluding carboxylic acids is 5. The van der Waals surface area contributed by atoms with Gasteiger partial charge in [0.25, 0.3) is 5.91 Å². The third-order valence-corrected chi connectivity index (χ3v) is 14.3. The number of carbonyl (C=O) groups is 5. The maximum Gasteiger partial charge on any atom is 0.324 e. The van der Waals surface area contributed by atoms with Crippen LogP contribution in [0, 0.1) is 11.3 Å². The van der Waals surface area contributed by atoms with Crippen LogP contribution in [0.1, 0.15) is 90.4 Å². The van der Waals surface area contributed by atoms with Gasteiger partial charge in [-0.3, -0.25) is 29.2 Å². The molecule has 0 saturated carbocycles. The van der Waals surface area contributed by atoms with Crippen LogP contribution in [0.25, 0.3) is 33.4 Å². The Labute approximate surface area is 391 Å². The lowest BCUT2D eigenvalue weighted by Gasteiger charge is -2.42. The van der Waals surface area contributed by atoms with E-state index in [-0.39, 0.29) is 48.9 Å². The van der Waals surface area contributed by atoms with Crippen molar-refractivity contribution in [1.82, 2.24) is 50.3 Å². The maximum atomic E-state index is 14.7. The average Bonchev–Trinajstić information content (AvgIpc) is 3.97. The quantitative estimate of drug-likeness (QED) is 0.157. The second-order valence-electron chi connectivity index (χ2n) is 19.9. The van der Waals surface area contributed by atoms with Gasteiger partial charge in [0.05, 0.1) is 34.7 Å². The number of urea groups is 1. The second-order valence-corrected chi connectivity index (χ2v) is 20.9. The van der Waals surface area contributed by atoms with E-state index in [0.717, 1.165) is 51.2 Å². The van der Waals surface area contributed by atoms with Gasteiger partial charge in [-0.05, 0) is 74.8 Å². The zero-order valence-electron chi connectivity index (χ0n) is 39.8. The van der Waals surface area contributed by atoms with Gasteiger partial charge in [-0.25, -0.2) is 15.2 Å². The maximum absolute atomic E-state index is 14.7. The molecular weight excluding hydrogens is 857 g/mol. The lowest BCUT2D eigenvalue weighted by Crippen LogP contribution is -2.63. The number of aromatic nitrogens is 3. The molecule has 17 heteroatoms. The molecule has 5 amide bonds. The van der Waals surface area contributed by atoms with Crippen LogP contribution in [0.2, 0.25) is 0 Å². The minimum atomic E-state index is -1.07. The standard InChI is InChI=1S/C49H66N10O6S/c1-10-57-39-16-15-31-21-33(39)34(43(57)32-13-11-17-50-41(32)28(2)3)23-49(7,8)27-65-47(63)35-14-12-18-59(54-35)46(62)36(22-40-52-38(31)26-66-40)53-44(60)42(29(4)5)55(9)48(64)56-19-20-58(30(6)25-56)45(61)37-24-51-37/h11,13,15-17,21,26,28-30,35-37,42,51,54H,10,12,14,18-20,22-25,27H2,1-9H3,(H,53,60)/t30-,35+,36+,37-,42+/m1/s1. The summed E-state index contributed by atoms with van der Waals surface area (Å²) in [5.74, 6) is -1.40. The molecular formula is C49H66N10O6S. The van der Waals surface area contributed by atoms with Crippen molar-refractivity contribution in [1.29, 1.82) is 0 Å². The number of hydrogen-bond acceptors (Lipinski definition) is 11. The van der Waals surface area contributed by atoms with Crippen LogP contribution in [-0.2, 0) is 43.3 Å². The van der Waals surface area contributed by atoms with E-state index in [1.165, 1.54) is 21.2 Å². The summed E-state index contributed by atoms with van der Waals surface area (Å²) in [7, 11) is 1.62. The molecule has 0 radical (unpaired) electrons. The number of amides is 5. The molecule has 66 heavy (non-hydrogen) atoms. The van der Waals surface area contributed by atoms with E-state index in [1.807, 2.05) is 43.3 Å². The van der Waals surface area contributed by atoms with Gasteiger partial charge in [0.15, 0.2) is 0 Å². The number of hydrogen-bond donors (Lipinski definition) is 3. The minimum Gasteiger partial charge on any atom is -0.464 e. The number of aryl methyl sites for hydroxylation is 1. The Morgan fingerprint density at radius 1 is 1.09 bits per heavy atom. The zero-order chi connectivity index (χ0) is 47.2. The number of thiazole rings is 1. The summed E-state index contributed by atoms with van der Waals surface area (Å²) in [6.45, 7) is 19.4. The molecule has 4 aromatic rings. The lowest BCUT2D eigenvalue weighted by molar-refractivity contribution is -0.155. The van der Waals surface area contributed by atoms with Crippen LogP contribution in [0.3, 0.4) is 0 Å². The Bertz CT molecular complexity index is 2490. The number of fused-ring (bicyclic) bond motifs is 6. The van der Waals surface area contributed by atoms with Gasteiger partial charge in [-0.15, -0.1) is 11.3 Å². The van der Waals surface area contributed by atoms with E-state index in [2.05, 4.69) is 79.5 Å². The number of rotatable bonds is 8. The van der Waals surface area contributed by atoms with Crippen LogP contribution < -0.4 is 16.1 Å². The smallest absolute Gasteiger partial charge is 0.324 e. The van der Waals surface area contributed by atoms with Gasteiger partial charge in [0, 0.05) is 97.8 Å². The second kappa shape index (κ2) is 19.1. The van der Waals surface area contributed by atoms with Crippen LogP contribution in [-0.4, -0.2) is 141 Å². The summed E-state index contributed by atoms with van der Waals surface area (Å²) in [5.41, 5.74) is 9.81. The fourth-order valence-electron chi connectivity index (χ4n) is 10.0. The van der Waals surface area contributed by atoms with Gasteiger partial charge >= 0.3 is 12.0 Å². The molecule has 8 rings (SSSR count). The molecule has 6 bridgehead atoms. The SMILES string of the molecule is CCn1c(-c2cccnc2C(C)C)c2c3cc(ccc31)-c1csc(n1)C[C@H](NC(=O)[C@H](C(C)C)N(C)C(=O)N1CCN(C(=O)[C@H]3CN3)[C@H](C)C1)C(=O)N1CCC[C@H](N1)C(=O)OCC(C)(C)C2. The third-order valence-electron chi connectivity index (χ3n) is 13.5. The van der Waals surface area contributed by atoms with E-state index >= 15 is 0 Å². The normalized spacial score (nSPS) is 22.9. The number of likely N-dealkylation sites (N-methyl/N-ethyl adjacent to an activating group) is 1. The predicted molar refractivity (Wildman–Crippen MR) is 254 cm³/mol. The lowest BCUT2D eigenvalue weighted by atomic mass is 9.84. The van der Waals surface area contributed by atoms with Crippen LogP contribution >= 0.6 is 11.3 Å². The molecule has 16 nitrogen and oxygen atoms in total. The van der Waals surface area contributed by atoms with Crippen molar-refractivity contribution in [2.24, 2.45) is 11.3 Å². The van der Waals surface area contributed by atoms with Crippen molar-refractivity contribution in [3.63, 3.8) is 0 Å². The molecule has 5 atom stereocenters. The molecule has 3 saturated heterocycles. The van der Waals surface area contributed by atoms with Crippen LogP contribution in [0.4, 0.5) is 4.79 Å². The van der Waals surface area contributed by atoms with Crippen molar-refractivity contribution in [2.75, 3.05) is 46.4 Å². The number of nitrogens with one attached hydrogen (secondary N) is 3. The largest absolute Gasteiger partial charge is 0.464 e. The van der Waals surface area contributed by atoms with E-state index in [1.54, 1.807) is 11.9 Å². The summed E-state index contributed by atoms with van der Waals surface area (Å²) < 4.78 is 8.48. The predicted octanol–water partition coefficient (Wildman–Crippen LogP) is 5.20. The van der Waals surface area contributed by atoms with Gasteiger partial charge in [-0.1, -0.05) is 47.6 Å². The van der Waals surface area contributed by atoms with E-state index < -0.39 is 41.3 Å². The third kappa shape index (κ3) is 9.56. The average molecular weight is 923 g/mol. The van der Waals surface area contributed by atoms with Gasteiger partial charge in [0.1, 0.15) is 18.1 Å². The Morgan fingerprint density at radius 3 is 2.56 bits per heavy atom. The molecule has 3 N–H and O–H groups in total. The summed E-state index contributed by atoms with van der Waals surface area (Å²) >= 11 is 1.42. The van der Waals surface area contributed by atoms with E-state index in [4.69, 9.17) is 14.7 Å². The van der Waals surface area contributed by atoms with Crippen molar-refractivity contribution in [2.45, 2.75) is 124 Å². The fourth-order valence-corrected chi connectivity index (χ4v) is 10.9. The van der Waals surface area contributed by atoms with Crippen molar-refractivity contribution in [3.8, 4) is 22.5 Å². The molecule has 1 aromatic carbocycles. The van der Waals surface area contributed by atoms with Crippen LogP contribution in [0.5, 0.6) is 0 Å². The summed E-state index contributed by atoms with van der Waals surface area (Å²) in [5, 5.41) is 11.3. The molecule has 4 aliphatic heterocycles.